The monoisotopic (exact) mass is 188 g/mol. The maximum Gasteiger partial charge on any atom is 0.202 e. The zero-order valence-corrected chi connectivity index (χ0v) is 7.60. The lowest BCUT2D eigenvalue weighted by Crippen LogP contribution is -1.86. The van der Waals surface area contributed by atoms with E-state index in [1.165, 1.54) is 6.92 Å². The van der Waals surface area contributed by atoms with Crippen LogP contribution in [0.25, 0.3) is 11.4 Å². The number of rotatable bonds is 2. The van der Waals surface area contributed by atoms with Gasteiger partial charge in [0, 0.05) is 19.2 Å². The van der Waals surface area contributed by atoms with Gasteiger partial charge in [0.05, 0.1) is 5.69 Å². The Bertz CT molecular complexity index is 448. The van der Waals surface area contributed by atoms with E-state index in [9.17, 15) is 4.79 Å². The highest BCUT2D eigenvalue weighted by Crippen LogP contribution is 2.15. The van der Waals surface area contributed by atoms with E-state index < -0.39 is 0 Å². The topological polar surface area (TPSA) is 56.0 Å². The summed E-state index contributed by atoms with van der Waals surface area (Å²) in [5.41, 5.74) is 1.28. The normalized spacial score (nSPS) is 10.1. The van der Waals surface area contributed by atoms with Crippen molar-refractivity contribution in [3.8, 4) is 11.4 Å². The molecule has 2 heterocycles. The van der Waals surface area contributed by atoms with Crippen LogP contribution < -0.4 is 0 Å². The predicted molar refractivity (Wildman–Crippen MR) is 49.7 cm³/mol. The lowest BCUT2D eigenvalue weighted by molar-refractivity contribution is 0.0978. The molecule has 14 heavy (non-hydrogen) atoms. The van der Waals surface area contributed by atoms with Gasteiger partial charge in [0.25, 0.3) is 0 Å². The van der Waals surface area contributed by atoms with Gasteiger partial charge in [-0.15, -0.1) is 0 Å². The third kappa shape index (κ3) is 1.54. The second-order valence-corrected chi connectivity index (χ2v) is 2.85. The molecule has 0 spiro atoms. The summed E-state index contributed by atoms with van der Waals surface area (Å²) in [7, 11) is 0. The summed E-state index contributed by atoms with van der Waals surface area (Å²) in [6, 6.07) is 7.06. The van der Waals surface area contributed by atoms with E-state index in [2.05, 4.69) is 10.1 Å². The molecule has 0 saturated heterocycles. The Balaban J connectivity index is 2.39. The van der Waals surface area contributed by atoms with Crippen LogP contribution >= 0.6 is 0 Å². The molecule has 0 bridgehead atoms. The fourth-order valence-electron chi connectivity index (χ4n) is 1.08. The van der Waals surface area contributed by atoms with Crippen molar-refractivity contribution in [2.45, 2.75) is 6.92 Å². The van der Waals surface area contributed by atoms with Crippen LogP contribution in [0.2, 0.25) is 0 Å². The van der Waals surface area contributed by atoms with Gasteiger partial charge in [-0.1, -0.05) is 11.2 Å². The van der Waals surface area contributed by atoms with Gasteiger partial charge in [0.15, 0.2) is 5.78 Å². The lowest BCUT2D eigenvalue weighted by atomic mass is 10.2. The zero-order valence-electron chi connectivity index (χ0n) is 7.60. The number of carbonyl (C=O) groups is 1. The molecule has 0 N–H and O–H groups in total. The van der Waals surface area contributed by atoms with Crippen molar-refractivity contribution in [3.63, 3.8) is 0 Å². The molecule has 0 atom stereocenters. The van der Waals surface area contributed by atoms with Gasteiger partial charge in [-0.2, -0.15) is 0 Å². The Kier molecular flexibility index (Phi) is 2.10. The van der Waals surface area contributed by atoms with Crippen LogP contribution in [0.3, 0.4) is 0 Å². The third-order valence-corrected chi connectivity index (χ3v) is 1.78. The molecule has 2 rings (SSSR count). The van der Waals surface area contributed by atoms with Crippen LogP contribution in [-0.4, -0.2) is 15.9 Å². The number of hydrogen-bond donors (Lipinski definition) is 0. The van der Waals surface area contributed by atoms with E-state index in [1.807, 2.05) is 18.2 Å². The minimum atomic E-state index is -0.139. The lowest BCUT2D eigenvalue weighted by Gasteiger charge is -1.90. The maximum atomic E-state index is 10.9. The van der Waals surface area contributed by atoms with Gasteiger partial charge >= 0.3 is 0 Å². The van der Waals surface area contributed by atoms with E-state index in [-0.39, 0.29) is 11.5 Å². The molecule has 0 aromatic carbocycles. The highest BCUT2D eigenvalue weighted by atomic mass is 16.5. The molecule has 0 aliphatic heterocycles. The van der Waals surface area contributed by atoms with Crippen LogP contribution in [-0.2, 0) is 0 Å². The van der Waals surface area contributed by atoms with Crippen molar-refractivity contribution in [1.82, 2.24) is 10.1 Å². The molecule has 0 amide bonds. The smallest absolute Gasteiger partial charge is 0.202 e. The Labute approximate surface area is 80.6 Å². The summed E-state index contributed by atoms with van der Waals surface area (Å²) in [6.45, 7) is 1.43. The van der Waals surface area contributed by atoms with Crippen molar-refractivity contribution in [3.05, 3.63) is 36.2 Å². The Morgan fingerprint density at radius 1 is 1.36 bits per heavy atom. The first-order valence-electron chi connectivity index (χ1n) is 4.16. The largest absolute Gasteiger partial charge is 0.352 e. The first kappa shape index (κ1) is 8.62. The maximum absolute atomic E-state index is 10.9. The fraction of sp³-hybridized carbons (Fsp3) is 0.100. The Morgan fingerprint density at radius 3 is 2.79 bits per heavy atom. The van der Waals surface area contributed by atoms with Crippen molar-refractivity contribution >= 4 is 5.78 Å². The zero-order chi connectivity index (χ0) is 9.97. The SMILES string of the molecule is CC(=O)c1cc(-c2ccccn2)no1. The molecular formula is C10H8N2O2. The quantitative estimate of drug-likeness (QED) is 0.676. The Morgan fingerprint density at radius 2 is 2.21 bits per heavy atom. The van der Waals surface area contributed by atoms with E-state index in [0.29, 0.717) is 11.4 Å². The molecule has 0 unspecified atom stereocenters. The van der Waals surface area contributed by atoms with Crippen molar-refractivity contribution in [1.29, 1.82) is 0 Å². The van der Waals surface area contributed by atoms with Gasteiger partial charge in [-0.25, -0.2) is 0 Å². The average Bonchev–Trinajstić information content (AvgIpc) is 2.68. The first-order valence-corrected chi connectivity index (χ1v) is 4.16. The molecule has 0 aliphatic rings. The fourth-order valence-corrected chi connectivity index (χ4v) is 1.08. The van der Waals surface area contributed by atoms with Gasteiger partial charge in [0.2, 0.25) is 5.76 Å². The summed E-state index contributed by atoms with van der Waals surface area (Å²) >= 11 is 0. The van der Waals surface area contributed by atoms with Gasteiger partial charge in [-0.05, 0) is 12.1 Å². The summed E-state index contributed by atoms with van der Waals surface area (Å²) in [5, 5.41) is 3.75. The van der Waals surface area contributed by atoms with Crippen molar-refractivity contribution < 1.29 is 9.32 Å². The highest BCUT2D eigenvalue weighted by molar-refractivity contribution is 5.92. The molecule has 0 aliphatic carbocycles. The first-order chi connectivity index (χ1) is 6.77. The van der Waals surface area contributed by atoms with Crippen LogP contribution in [0, 0.1) is 0 Å². The molecule has 2 aromatic rings. The van der Waals surface area contributed by atoms with Crippen LogP contribution in [0.1, 0.15) is 17.5 Å². The number of nitrogens with zero attached hydrogens (tertiary/aromatic N) is 2. The van der Waals surface area contributed by atoms with E-state index in [4.69, 9.17) is 4.52 Å². The second-order valence-electron chi connectivity index (χ2n) is 2.85. The standard InChI is InChI=1S/C10H8N2O2/c1-7(13)10-6-9(12-14-10)8-4-2-3-5-11-8/h2-6H,1H3. The van der Waals surface area contributed by atoms with Crippen LogP contribution in [0.5, 0.6) is 0 Å². The molecule has 0 radical (unpaired) electrons. The predicted octanol–water partition coefficient (Wildman–Crippen LogP) is 1.94. The minimum absolute atomic E-state index is 0.139. The molecule has 0 saturated carbocycles. The molecular weight excluding hydrogens is 180 g/mol. The highest BCUT2D eigenvalue weighted by Gasteiger charge is 2.09. The summed E-state index contributed by atoms with van der Waals surface area (Å²) in [5.74, 6) is 0.116. The van der Waals surface area contributed by atoms with Crippen molar-refractivity contribution in [2.24, 2.45) is 0 Å². The summed E-state index contributed by atoms with van der Waals surface area (Å²) in [6.07, 6.45) is 1.66. The number of Topliss-reactive ketones (excluding diaryl/α,β-unsaturated/α-hetero) is 1. The molecule has 70 valence electrons. The summed E-state index contributed by atoms with van der Waals surface area (Å²) in [4.78, 5) is 15.0. The average molecular weight is 188 g/mol. The van der Waals surface area contributed by atoms with E-state index in [1.54, 1.807) is 12.3 Å². The van der Waals surface area contributed by atoms with Gasteiger partial charge in [0.1, 0.15) is 5.69 Å². The van der Waals surface area contributed by atoms with E-state index >= 15 is 0 Å². The van der Waals surface area contributed by atoms with Crippen LogP contribution in [0.4, 0.5) is 0 Å². The molecule has 4 heteroatoms. The van der Waals surface area contributed by atoms with Gasteiger partial charge < -0.3 is 4.52 Å². The number of pyridine rings is 1. The molecule has 0 fully saturated rings. The molecule has 2 aromatic heterocycles. The summed E-state index contributed by atoms with van der Waals surface area (Å²) < 4.78 is 4.84. The number of ketones is 1. The van der Waals surface area contributed by atoms with E-state index in [0.717, 1.165) is 0 Å². The Hall–Kier alpha value is -1.97. The number of aromatic nitrogens is 2. The van der Waals surface area contributed by atoms with Crippen LogP contribution in [0.15, 0.2) is 35.0 Å². The van der Waals surface area contributed by atoms with Crippen molar-refractivity contribution in [2.75, 3.05) is 0 Å². The number of carbonyl (C=O) groups excluding carboxylic acids is 1. The minimum Gasteiger partial charge on any atom is -0.352 e. The third-order valence-electron chi connectivity index (χ3n) is 1.78. The number of hydrogen-bond acceptors (Lipinski definition) is 4. The second kappa shape index (κ2) is 3.41. The molecule has 4 nitrogen and oxygen atoms in total. The van der Waals surface area contributed by atoms with Gasteiger partial charge in [-0.3, -0.25) is 9.78 Å².